The number of aryl methyl sites for hydroxylation is 2. The van der Waals surface area contributed by atoms with Crippen molar-refractivity contribution < 1.29 is 0 Å². The molecule has 0 radical (unpaired) electrons. The first-order valence-corrected chi connectivity index (χ1v) is 10.9. The summed E-state index contributed by atoms with van der Waals surface area (Å²) in [4.78, 5) is 22.7. The maximum atomic E-state index is 12.9. The summed E-state index contributed by atoms with van der Waals surface area (Å²) in [5.74, 6) is 0.700. The van der Waals surface area contributed by atoms with E-state index in [-0.39, 0.29) is 5.56 Å². The fourth-order valence-electron chi connectivity index (χ4n) is 4.39. The number of benzene rings is 2. The van der Waals surface area contributed by atoms with Crippen LogP contribution >= 0.6 is 11.3 Å². The monoisotopic (exact) mass is 401 g/mol. The lowest BCUT2D eigenvalue weighted by molar-refractivity contribution is 0.453. The van der Waals surface area contributed by atoms with Crippen LogP contribution in [0.1, 0.15) is 40.7 Å². The number of hydrogen-bond donors (Lipinski definition) is 2. The second-order valence-electron chi connectivity index (χ2n) is 7.62. The molecule has 0 fully saturated rings. The van der Waals surface area contributed by atoms with E-state index in [0.717, 1.165) is 33.7 Å². The minimum atomic E-state index is -0.0564. The summed E-state index contributed by atoms with van der Waals surface area (Å²) in [7, 11) is 0. The maximum Gasteiger partial charge on any atom is 0.260 e. The number of aromatic nitrogens is 2. The third kappa shape index (κ3) is 3.41. The number of hydrogen-bond acceptors (Lipinski definition) is 4. The molecule has 0 bridgehead atoms. The fourth-order valence-corrected chi connectivity index (χ4v) is 5.45. The van der Waals surface area contributed by atoms with Crippen molar-refractivity contribution in [3.8, 4) is 11.1 Å². The molecule has 0 aliphatic heterocycles. The van der Waals surface area contributed by atoms with Crippen LogP contribution in [0.2, 0.25) is 0 Å². The molecule has 2 aromatic carbocycles. The molecule has 4 aromatic rings. The molecule has 2 N–H and O–H groups in total. The van der Waals surface area contributed by atoms with Crippen molar-refractivity contribution in [2.24, 2.45) is 0 Å². The Kier molecular flexibility index (Phi) is 4.78. The van der Waals surface area contributed by atoms with Crippen LogP contribution in [-0.2, 0) is 13.0 Å². The fraction of sp³-hybridized carbons (Fsp3) is 0.250. The largest absolute Gasteiger partial charge is 0.309 e. The Balaban J connectivity index is 1.45. The van der Waals surface area contributed by atoms with E-state index in [9.17, 15) is 4.79 Å². The van der Waals surface area contributed by atoms with E-state index in [2.05, 4.69) is 41.5 Å². The Morgan fingerprint density at radius 3 is 2.79 bits per heavy atom. The molecule has 1 atom stereocenters. The summed E-state index contributed by atoms with van der Waals surface area (Å²) < 4.78 is 0. The van der Waals surface area contributed by atoms with Crippen molar-refractivity contribution in [2.75, 3.05) is 0 Å². The topological polar surface area (TPSA) is 57.8 Å². The second kappa shape index (κ2) is 7.58. The quantitative estimate of drug-likeness (QED) is 0.499. The lowest BCUT2D eigenvalue weighted by Gasteiger charge is -2.26. The zero-order valence-electron chi connectivity index (χ0n) is 16.4. The van der Waals surface area contributed by atoms with Crippen molar-refractivity contribution in [1.29, 1.82) is 0 Å². The highest BCUT2D eigenvalue weighted by Gasteiger charge is 2.20. The van der Waals surface area contributed by atoms with Crippen LogP contribution < -0.4 is 10.9 Å². The van der Waals surface area contributed by atoms with Gasteiger partial charge in [0.05, 0.1) is 11.9 Å². The molecule has 1 unspecified atom stereocenters. The van der Waals surface area contributed by atoms with Gasteiger partial charge < -0.3 is 10.3 Å². The van der Waals surface area contributed by atoms with E-state index in [1.54, 1.807) is 11.3 Å². The zero-order chi connectivity index (χ0) is 19.8. The number of thiophene rings is 1. The van der Waals surface area contributed by atoms with Gasteiger partial charge in [-0.1, -0.05) is 54.6 Å². The highest BCUT2D eigenvalue weighted by atomic mass is 32.1. The van der Waals surface area contributed by atoms with Crippen LogP contribution in [0.4, 0.5) is 0 Å². The van der Waals surface area contributed by atoms with Gasteiger partial charge in [-0.25, -0.2) is 4.98 Å². The van der Waals surface area contributed by atoms with Crippen molar-refractivity contribution >= 4 is 21.6 Å². The summed E-state index contributed by atoms with van der Waals surface area (Å²) >= 11 is 1.59. The summed E-state index contributed by atoms with van der Waals surface area (Å²) in [6.45, 7) is 2.62. The van der Waals surface area contributed by atoms with Crippen LogP contribution in [-0.4, -0.2) is 9.97 Å². The number of fused-ring (bicyclic) bond motifs is 2. The molecule has 146 valence electrons. The Morgan fingerprint density at radius 2 is 1.93 bits per heavy atom. The number of nitrogens with one attached hydrogen (secondary N) is 2. The average molecular weight is 402 g/mol. The van der Waals surface area contributed by atoms with Crippen molar-refractivity contribution in [3.05, 3.63) is 86.8 Å². The highest BCUT2D eigenvalue weighted by molar-refractivity contribution is 7.19. The van der Waals surface area contributed by atoms with Crippen LogP contribution in [0.3, 0.4) is 0 Å². The van der Waals surface area contributed by atoms with Gasteiger partial charge >= 0.3 is 0 Å². The second-order valence-corrected chi connectivity index (χ2v) is 8.82. The van der Waals surface area contributed by atoms with Gasteiger partial charge in [0.15, 0.2) is 0 Å². The Bertz CT molecular complexity index is 1230. The summed E-state index contributed by atoms with van der Waals surface area (Å²) in [5.41, 5.74) is 4.81. The van der Waals surface area contributed by atoms with Gasteiger partial charge in [0.2, 0.25) is 0 Å². The van der Waals surface area contributed by atoms with Gasteiger partial charge in [-0.15, -0.1) is 11.3 Å². The molecule has 0 amide bonds. The first-order valence-electron chi connectivity index (χ1n) is 10.1. The standard InChI is InChI=1S/C24H23N3OS/c1-15-21(17-9-3-2-4-10-17)22-23(28)26-20(27-24(22)29-15)14-25-19-13-7-11-16-8-5-6-12-18(16)19/h2-6,8-10,12,19,25H,7,11,13-14H2,1H3,(H,26,27,28). The molecule has 1 aliphatic carbocycles. The first kappa shape index (κ1) is 18.3. The highest BCUT2D eigenvalue weighted by Crippen LogP contribution is 2.35. The van der Waals surface area contributed by atoms with E-state index < -0.39 is 0 Å². The number of nitrogens with zero attached hydrogens (tertiary/aromatic N) is 1. The molecular weight excluding hydrogens is 378 g/mol. The molecule has 4 nitrogen and oxygen atoms in total. The SMILES string of the molecule is Cc1sc2nc(CNC3CCCc4ccccc43)[nH]c(=O)c2c1-c1ccccc1. The smallest absolute Gasteiger partial charge is 0.260 e. The van der Waals surface area contributed by atoms with Crippen LogP contribution in [0.25, 0.3) is 21.3 Å². The minimum absolute atomic E-state index is 0.0564. The van der Waals surface area contributed by atoms with E-state index in [4.69, 9.17) is 4.98 Å². The molecule has 29 heavy (non-hydrogen) atoms. The molecule has 0 saturated heterocycles. The first-order chi connectivity index (χ1) is 14.2. The molecular formula is C24H23N3OS. The molecule has 0 saturated carbocycles. The third-order valence-electron chi connectivity index (χ3n) is 5.73. The molecule has 2 heterocycles. The molecule has 2 aromatic heterocycles. The van der Waals surface area contributed by atoms with Crippen molar-refractivity contribution in [3.63, 3.8) is 0 Å². The van der Waals surface area contributed by atoms with Crippen LogP contribution in [0.15, 0.2) is 59.4 Å². The van der Waals surface area contributed by atoms with Crippen molar-refractivity contribution in [1.82, 2.24) is 15.3 Å². The summed E-state index contributed by atoms with van der Waals surface area (Å²) in [6, 6.07) is 19.0. The maximum absolute atomic E-state index is 12.9. The summed E-state index contributed by atoms with van der Waals surface area (Å²) in [5, 5.41) is 4.31. The van der Waals surface area contributed by atoms with E-state index >= 15 is 0 Å². The normalized spacial score (nSPS) is 16.1. The molecule has 1 aliphatic rings. The lowest BCUT2D eigenvalue weighted by atomic mass is 9.88. The number of rotatable bonds is 4. The Hall–Kier alpha value is -2.76. The Labute approximate surface area is 173 Å². The van der Waals surface area contributed by atoms with E-state index in [0.29, 0.717) is 23.8 Å². The van der Waals surface area contributed by atoms with Gasteiger partial charge in [-0.3, -0.25) is 4.79 Å². The average Bonchev–Trinajstić information content (AvgIpc) is 3.09. The van der Waals surface area contributed by atoms with Gasteiger partial charge in [-0.05, 0) is 42.9 Å². The van der Waals surface area contributed by atoms with Crippen LogP contribution in [0.5, 0.6) is 0 Å². The van der Waals surface area contributed by atoms with Crippen molar-refractivity contribution in [2.45, 2.75) is 38.8 Å². The third-order valence-corrected chi connectivity index (χ3v) is 6.73. The minimum Gasteiger partial charge on any atom is -0.309 e. The van der Waals surface area contributed by atoms with Gasteiger partial charge in [0.1, 0.15) is 10.7 Å². The molecule has 5 rings (SSSR count). The summed E-state index contributed by atoms with van der Waals surface area (Å²) in [6.07, 6.45) is 3.44. The Morgan fingerprint density at radius 1 is 1.14 bits per heavy atom. The molecule has 0 spiro atoms. The van der Waals surface area contributed by atoms with E-state index in [1.165, 1.54) is 17.5 Å². The van der Waals surface area contributed by atoms with Crippen LogP contribution in [0, 0.1) is 6.92 Å². The predicted molar refractivity (Wildman–Crippen MR) is 119 cm³/mol. The predicted octanol–water partition coefficient (Wildman–Crippen LogP) is 5.13. The number of H-pyrrole nitrogens is 1. The number of aromatic amines is 1. The lowest BCUT2D eigenvalue weighted by Crippen LogP contribution is -2.26. The van der Waals surface area contributed by atoms with Gasteiger partial charge in [-0.2, -0.15) is 0 Å². The zero-order valence-corrected chi connectivity index (χ0v) is 17.2. The molecule has 5 heteroatoms. The van der Waals surface area contributed by atoms with Gasteiger partial charge in [0, 0.05) is 16.5 Å². The van der Waals surface area contributed by atoms with E-state index in [1.807, 2.05) is 30.3 Å². The van der Waals surface area contributed by atoms with Gasteiger partial charge in [0.25, 0.3) is 5.56 Å².